The Balaban J connectivity index is 1.79. The number of para-hydroxylation sites is 1. The van der Waals surface area contributed by atoms with Crippen LogP contribution in [0.3, 0.4) is 0 Å². The highest BCUT2D eigenvalue weighted by atomic mass is 16.6. The van der Waals surface area contributed by atoms with Crippen molar-refractivity contribution in [1.82, 2.24) is 5.32 Å². The Hall–Kier alpha value is -3.76. The summed E-state index contributed by atoms with van der Waals surface area (Å²) >= 11 is 0. The Morgan fingerprint density at radius 3 is 1.93 bits per heavy atom. The Kier molecular flexibility index (Phi) is 7.27. The molecule has 3 aromatic carbocycles. The van der Waals surface area contributed by atoms with Gasteiger partial charge in [-0.25, -0.2) is 4.79 Å². The highest BCUT2D eigenvalue weighted by Gasteiger charge is 2.24. The number of nitrogens with one attached hydrogen (secondary N) is 1. The number of benzene rings is 3. The molecular weight excluding hydrogens is 364 g/mol. The Bertz CT molecular complexity index is 942. The molecule has 0 saturated heterocycles. The summed E-state index contributed by atoms with van der Waals surface area (Å²) in [5.41, 5.74) is 11.2. The van der Waals surface area contributed by atoms with Crippen molar-refractivity contribution in [2.45, 2.75) is 24.9 Å². The van der Waals surface area contributed by atoms with E-state index in [0.29, 0.717) is 18.6 Å². The largest absolute Gasteiger partial charge is 0.412 e. The van der Waals surface area contributed by atoms with Crippen LogP contribution in [0.5, 0.6) is 5.75 Å². The normalized spacial score (nSPS) is 12.3. The molecule has 0 bridgehead atoms. The first-order valence-corrected chi connectivity index (χ1v) is 9.40. The maximum Gasteiger partial charge on any atom is 0.412 e. The predicted octanol–water partition coefficient (Wildman–Crippen LogP) is 5.31. The molecule has 29 heavy (non-hydrogen) atoms. The number of ether oxygens (including phenoxy) is 1. The third kappa shape index (κ3) is 6.41. The van der Waals surface area contributed by atoms with Crippen molar-refractivity contribution in [3.05, 3.63) is 113 Å². The fourth-order valence-electron chi connectivity index (χ4n) is 3.11. The Morgan fingerprint density at radius 2 is 1.38 bits per heavy atom. The number of rotatable bonds is 8. The molecule has 1 amide bonds. The fraction of sp³-hybridized carbons (Fsp3) is 0.174. The second-order valence-electron chi connectivity index (χ2n) is 6.61. The first-order chi connectivity index (χ1) is 14.2. The molecule has 0 aliphatic rings. The van der Waals surface area contributed by atoms with Gasteiger partial charge in [-0.1, -0.05) is 84.0 Å². The van der Waals surface area contributed by atoms with Crippen LogP contribution in [0.25, 0.3) is 10.4 Å². The van der Waals surface area contributed by atoms with Crippen LogP contribution in [-0.2, 0) is 12.8 Å². The number of nitrogens with zero attached hydrogens (tertiary/aromatic N) is 3. The molecule has 0 heterocycles. The molecule has 0 spiro atoms. The molecule has 2 atom stereocenters. The lowest BCUT2D eigenvalue weighted by Crippen LogP contribution is -2.46. The van der Waals surface area contributed by atoms with Crippen molar-refractivity contribution in [2.75, 3.05) is 0 Å². The topological polar surface area (TPSA) is 87.1 Å². The van der Waals surface area contributed by atoms with E-state index in [0.717, 1.165) is 11.1 Å². The minimum Gasteiger partial charge on any atom is -0.410 e. The highest BCUT2D eigenvalue weighted by molar-refractivity contribution is 5.70. The maximum atomic E-state index is 12.5. The van der Waals surface area contributed by atoms with Crippen LogP contribution in [0, 0.1) is 0 Å². The molecule has 6 heteroatoms. The smallest absolute Gasteiger partial charge is 0.410 e. The molecule has 0 aliphatic heterocycles. The van der Waals surface area contributed by atoms with Crippen LogP contribution in [0.1, 0.15) is 11.1 Å². The van der Waals surface area contributed by atoms with Crippen LogP contribution in [-0.4, -0.2) is 18.2 Å². The zero-order valence-electron chi connectivity index (χ0n) is 15.9. The summed E-state index contributed by atoms with van der Waals surface area (Å²) in [7, 11) is 0. The van der Waals surface area contributed by atoms with Crippen LogP contribution in [0.4, 0.5) is 4.79 Å². The first kappa shape index (κ1) is 20.0. The SMILES string of the molecule is [N-]=[N+]=N[C@@H](Cc1ccccc1)[C@H](Cc1ccccc1)NC(=O)Oc1ccccc1. The summed E-state index contributed by atoms with van der Waals surface area (Å²) < 4.78 is 5.38. The number of carbonyl (C=O) groups excluding carboxylic acids is 1. The summed E-state index contributed by atoms with van der Waals surface area (Å²) in [5.74, 6) is 0.451. The van der Waals surface area contributed by atoms with E-state index in [1.165, 1.54) is 0 Å². The molecule has 3 aromatic rings. The molecule has 3 rings (SSSR count). The van der Waals surface area contributed by atoms with Gasteiger partial charge in [-0.05, 0) is 41.6 Å². The maximum absolute atomic E-state index is 12.5. The van der Waals surface area contributed by atoms with Gasteiger partial charge in [0.1, 0.15) is 5.75 Å². The molecule has 146 valence electrons. The van der Waals surface area contributed by atoms with E-state index in [1.807, 2.05) is 66.7 Å². The minimum atomic E-state index is -0.580. The monoisotopic (exact) mass is 386 g/mol. The van der Waals surface area contributed by atoms with Crippen molar-refractivity contribution in [1.29, 1.82) is 0 Å². The molecule has 6 nitrogen and oxygen atoms in total. The van der Waals surface area contributed by atoms with E-state index in [1.54, 1.807) is 24.3 Å². The minimum absolute atomic E-state index is 0.426. The summed E-state index contributed by atoms with van der Waals surface area (Å²) in [6.45, 7) is 0. The van der Waals surface area contributed by atoms with Gasteiger partial charge in [0.05, 0.1) is 6.04 Å². The van der Waals surface area contributed by atoms with Gasteiger partial charge in [-0.2, -0.15) is 0 Å². The highest BCUT2D eigenvalue weighted by Crippen LogP contribution is 2.16. The molecule has 0 fully saturated rings. The molecule has 0 saturated carbocycles. The summed E-state index contributed by atoms with van der Waals surface area (Å²) in [6, 6.07) is 27.5. The van der Waals surface area contributed by atoms with Crippen molar-refractivity contribution >= 4 is 6.09 Å². The standard InChI is InChI=1S/C23H22N4O2/c24-27-26-22(17-19-12-6-2-7-13-19)21(16-18-10-4-1-5-11-18)25-23(28)29-20-14-8-3-9-15-20/h1-15,21-22H,16-17H2,(H,25,28)/t21-,22-/m0/s1. The zero-order valence-corrected chi connectivity index (χ0v) is 15.9. The quantitative estimate of drug-likeness (QED) is 0.323. The second-order valence-corrected chi connectivity index (χ2v) is 6.61. The molecule has 1 N–H and O–H groups in total. The van der Waals surface area contributed by atoms with Crippen LogP contribution in [0.15, 0.2) is 96.1 Å². The van der Waals surface area contributed by atoms with E-state index in [9.17, 15) is 4.79 Å². The Labute approximate surface area is 169 Å². The lowest BCUT2D eigenvalue weighted by molar-refractivity contribution is 0.193. The van der Waals surface area contributed by atoms with Crippen LogP contribution >= 0.6 is 0 Å². The molecule has 0 unspecified atom stereocenters. The van der Waals surface area contributed by atoms with E-state index in [2.05, 4.69) is 15.3 Å². The summed E-state index contributed by atoms with van der Waals surface area (Å²) in [5, 5.41) is 6.88. The van der Waals surface area contributed by atoms with E-state index in [-0.39, 0.29) is 0 Å². The Morgan fingerprint density at radius 1 is 0.862 bits per heavy atom. The van der Waals surface area contributed by atoms with Crippen LogP contribution < -0.4 is 10.1 Å². The predicted molar refractivity (Wildman–Crippen MR) is 113 cm³/mol. The van der Waals surface area contributed by atoms with Crippen molar-refractivity contribution in [2.24, 2.45) is 5.11 Å². The lowest BCUT2D eigenvalue weighted by Gasteiger charge is -2.25. The van der Waals surface area contributed by atoms with E-state index >= 15 is 0 Å². The van der Waals surface area contributed by atoms with Gasteiger partial charge in [-0.15, -0.1) is 0 Å². The second kappa shape index (κ2) is 10.5. The van der Waals surface area contributed by atoms with Gasteiger partial charge < -0.3 is 10.1 Å². The van der Waals surface area contributed by atoms with Gasteiger partial charge in [0.2, 0.25) is 0 Å². The average Bonchev–Trinajstić information content (AvgIpc) is 2.75. The number of amides is 1. The van der Waals surface area contributed by atoms with Crippen molar-refractivity contribution < 1.29 is 9.53 Å². The van der Waals surface area contributed by atoms with Crippen LogP contribution in [0.2, 0.25) is 0 Å². The molecular formula is C23H22N4O2. The average molecular weight is 386 g/mol. The third-order valence-electron chi connectivity index (χ3n) is 4.51. The molecule has 0 aliphatic carbocycles. The lowest BCUT2D eigenvalue weighted by atomic mass is 9.95. The first-order valence-electron chi connectivity index (χ1n) is 9.40. The molecule has 0 aromatic heterocycles. The van der Waals surface area contributed by atoms with Gasteiger partial charge in [-0.3, -0.25) is 0 Å². The number of hydrogen-bond donors (Lipinski definition) is 1. The van der Waals surface area contributed by atoms with Gasteiger partial charge in [0, 0.05) is 11.0 Å². The van der Waals surface area contributed by atoms with E-state index in [4.69, 9.17) is 10.3 Å². The van der Waals surface area contributed by atoms with Gasteiger partial charge in [0.25, 0.3) is 0 Å². The summed E-state index contributed by atoms with van der Waals surface area (Å²) in [6.07, 6.45) is 0.443. The van der Waals surface area contributed by atoms with Gasteiger partial charge >= 0.3 is 6.09 Å². The third-order valence-corrected chi connectivity index (χ3v) is 4.51. The van der Waals surface area contributed by atoms with Crippen molar-refractivity contribution in [3.8, 4) is 5.75 Å². The van der Waals surface area contributed by atoms with Gasteiger partial charge in [0.15, 0.2) is 0 Å². The van der Waals surface area contributed by atoms with Crippen molar-refractivity contribution in [3.63, 3.8) is 0 Å². The zero-order chi connectivity index (χ0) is 20.3. The van der Waals surface area contributed by atoms with E-state index < -0.39 is 18.2 Å². The fourth-order valence-corrected chi connectivity index (χ4v) is 3.11. The number of hydrogen-bond acceptors (Lipinski definition) is 3. The number of azide groups is 1. The summed E-state index contributed by atoms with van der Waals surface area (Å²) in [4.78, 5) is 15.5. The molecule has 0 radical (unpaired) electrons. The number of carbonyl (C=O) groups is 1.